The van der Waals surface area contributed by atoms with Gasteiger partial charge in [0.25, 0.3) is 0 Å². The molecule has 1 aliphatic heterocycles. The van der Waals surface area contributed by atoms with E-state index in [9.17, 15) is 8.42 Å². The van der Waals surface area contributed by atoms with Crippen LogP contribution >= 0.6 is 11.6 Å². The third-order valence-electron chi connectivity index (χ3n) is 4.83. The summed E-state index contributed by atoms with van der Waals surface area (Å²) in [6.07, 6.45) is 2.41. The summed E-state index contributed by atoms with van der Waals surface area (Å²) in [5.74, 6) is 0. The predicted molar refractivity (Wildman–Crippen MR) is 113 cm³/mol. The minimum atomic E-state index is -3.53. The van der Waals surface area contributed by atoms with Gasteiger partial charge < -0.3 is 0 Å². The fraction of sp³-hybridized carbons (Fsp3) is 0.136. The Morgan fingerprint density at radius 3 is 2.32 bits per heavy atom. The van der Waals surface area contributed by atoms with Gasteiger partial charge in [0.15, 0.2) is 0 Å². The van der Waals surface area contributed by atoms with Crippen molar-refractivity contribution in [3.8, 4) is 0 Å². The van der Waals surface area contributed by atoms with Crippen LogP contribution in [0.4, 0.5) is 5.69 Å². The first-order valence-corrected chi connectivity index (χ1v) is 10.8. The highest BCUT2D eigenvalue weighted by Crippen LogP contribution is 2.26. The Bertz CT molecular complexity index is 1130. The predicted octanol–water partition coefficient (Wildman–Crippen LogP) is 4.84. The van der Waals surface area contributed by atoms with Crippen molar-refractivity contribution in [3.63, 3.8) is 0 Å². The van der Waals surface area contributed by atoms with Crippen molar-refractivity contribution in [1.82, 2.24) is 4.31 Å². The Morgan fingerprint density at radius 1 is 0.893 bits per heavy atom. The van der Waals surface area contributed by atoms with Crippen molar-refractivity contribution in [3.05, 3.63) is 94.5 Å². The molecule has 3 aromatic carbocycles. The summed E-state index contributed by atoms with van der Waals surface area (Å²) >= 11 is 6.12. The SMILES string of the molecule is O=S(=O)(c1ccc(N=Cc2ccccc2Cl)cc1)N1CCc2ccccc2C1. The summed E-state index contributed by atoms with van der Waals surface area (Å²) in [5, 5.41) is 0.621. The molecule has 0 amide bonds. The van der Waals surface area contributed by atoms with E-state index in [1.165, 1.54) is 9.87 Å². The van der Waals surface area contributed by atoms with E-state index in [4.69, 9.17) is 11.6 Å². The molecule has 3 aromatic rings. The van der Waals surface area contributed by atoms with Crippen LogP contribution in [0.5, 0.6) is 0 Å². The highest BCUT2D eigenvalue weighted by atomic mass is 35.5. The van der Waals surface area contributed by atoms with Gasteiger partial charge in [-0.2, -0.15) is 4.31 Å². The number of benzene rings is 3. The molecule has 0 fully saturated rings. The Labute approximate surface area is 170 Å². The highest BCUT2D eigenvalue weighted by molar-refractivity contribution is 7.89. The van der Waals surface area contributed by atoms with Crippen LogP contribution in [-0.4, -0.2) is 25.5 Å². The molecule has 28 heavy (non-hydrogen) atoms. The maximum Gasteiger partial charge on any atom is 0.243 e. The Kier molecular flexibility index (Phi) is 5.31. The number of nitrogens with zero attached hydrogens (tertiary/aromatic N) is 2. The van der Waals surface area contributed by atoms with Crippen molar-refractivity contribution >= 4 is 33.5 Å². The van der Waals surface area contributed by atoms with Gasteiger partial charge in [0.2, 0.25) is 10.0 Å². The molecule has 142 valence electrons. The van der Waals surface area contributed by atoms with E-state index in [-0.39, 0.29) is 4.90 Å². The number of aliphatic imine (C=N–C) groups is 1. The third-order valence-corrected chi connectivity index (χ3v) is 7.03. The van der Waals surface area contributed by atoms with Crippen LogP contribution in [0.25, 0.3) is 0 Å². The van der Waals surface area contributed by atoms with Gasteiger partial charge in [0.05, 0.1) is 10.6 Å². The average molecular weight is 411 g/mol. The second-order valence-electron chi connectivity index (χ2n) is 6.63. The minimum absolute atomic E-state index is 0.281. The maximum atomic E-state index is 13.0. The molecule has 6 heteroatoms. The Morgan fingerprint density at radius 2 is 1.57 bits per heavy atom. The zero-order chi connectivity index (χ0) is 19.6. The van der Waals surface area contributed by atoms with Crippen LogP contribution in [0, 0.1) is 0 Å². The van der Waals surface area contributed by atoms with Crippen LogP contribution in [0.15, 0.2) is 82.7 Å². The molecular formula is C22H19ClN2O2S. The van der Waals surface area contributed by atoms with Crippen molar-refractivity contribution < 1.29 is 8.42 Å². The van der Waals surface area contributed by atoms with E-state index in [1.54, 1.807) is 36.5 Å². The van der Waals surface area contributed by atoms with Crippen LogP contribution in [0.2, 0.25) is 5.02 Å². The van der Waals surface area contributed by atoms with Crippen molar-refractivity contribution in [1.29, 1.82) is 0 Å². The number of rotatable bonds is 4. The Balaban J connectivity index is 1.53. The number of fused-ring (bicyclic) bond motifs is 1. The lowest BCUT2D eigenvalue weighted by molar-refractivity contribution is 0.391. The molecule has 0 radical (unpaired) electrons. The maximum absolute atomic E-state index is 13.0. The summed E-state index contributed by atoms with van der Waals surface area (Å²) in [5.41, 5.74) is 3.77. The molecular weight excluding hydrogens is 392 g/mol. The molecule has 4 rings (SSSR count). The number of sulfonamides is 1. The van der Waals surface area contributed by atoms with Crippen molar-refractivity contribution in [2.24, 2.45) is 4.99 Å². The topological polar surface area (TPSA) is 49.7 Å². The van der Waals surface area contributed by atoms with Gasteiger partial charge in [-0.25, -0.2) is 8.42 Å². The standard InChI is InChI=1S/C22H19ClN2O2S/c23-22-8-4-3-6-18(22)15-24-20-9-11-21(12-10-20)28(26,27)25-14-13-17-5-1-2-7-19(17)16-25/h1-12,15H,13-14,16H2. The molecule has 0 atom stereocenters. The molecule has 0 saturated heterocycles. The lowest BCUT2D eigenvalue weighted by atomic mass is 10.0. The first kappa shape index (κ1) is 18.9. The fourth-order valence-electron chi connectivity index (χ4n) is 3.25. The van der Waals surface area contributed by atoms with Gasteiger partial charge in [-0.15, -0.1) is 0 Å². The van der Waals surface area contributed by atoms with E-state index >= 15 is 0 Å². The van der Waals surface area contributed by atoms with Gasteiger partial charge in [-0.1, -0.05) is 54.1 Å². The fourth-order valence-corrected chi connectivity index (χ4v) is 4.86. The van der Waals surface area contributed by atoms with E-state index in [1.807, 2.05) is 36.4 Å². The van der Waals surface area contributed by atoms with Crippen LogP contribution in [0.3, 0.4) is 0 Å². The van der Waals surface area contributed by atoms with E-state index in [0.717, 1.165) is 17.5 Å². The van der Waals surface area contributed by atoms with E-state index < -0.39 is 10.0 Å². The summed E-state index contributed by atoms with van der Waals surface area (Å²) in [6.45, 7) is 0.899. The molecule has 0 N–H and O–H groups in total. The molecule has 0 spiro atoms. The van der Waals surface area contributed by atoms with Gasteiger partial charge in [-0.3, -0.25) is 4.99 Å². The molecule has 0 aliphatic carbocycles. The van der Waals surface area contributed by atoms with Gasteiger partial charge >= 0.3 is 0 Å². The zero-order valence-corrected chi connectivity index (χ0v) is 16.7. The monoisotopic (exact) mass is 410 g/mol. The lowest BCUT2D eigenvalue weighted by Gasteiger charge is -2.28. The third kappa shape index (κ3) is 3.87. The first-order valence-electron chi connectivity index (χ1n) is 9.00. The minimum Gasteiger partial charge on any atom is -0.256 e. The zero-order valence-electron chi connectivity index (χ0n) is 15.1. The normalized spacial score (nSPS) is 14.9. The number of hydrogen-bond acceptors (Lipinski definition) is 3. The molecule has 0 bridgehead atoms. The summed E-state index contributed by atoms with van der Waals surface area (Å²) in [6, 6.07) is 22.0. The average Bonchev–Trinajstić information content (AvgIpc) is 2.73. The molecule has 1 heterocycles. The molecule has 0 aromatic heterocycles. The van der Waals surface area contributed by atoms with E-state index in [2.05, 4.69) is 11.1 Å². The molecule has 1 aliphatic rings. The highest BCUT2D eigenvalue weighted by Gasteiger charge is 2.27. The second kappa shape index (κ2) is 7.87. The van der Waals surface area contributed by atoms with Crippen LogP contribution in [-0.2, 0) is 23.0 Å². The molecule has 4 nitrogen and oxygen atoms in total. The van der Waals surface area contributed by atoms with Crippen molar-refractivity contribution in [2.75, 3.05) is 6.54 Å². The summed E-state index contributed by atoms with van der Waals surface area (Å²) in [7, 11) is -3.53. The summed E-state index contributed by atoms with van der Waals surface area (Å²) in [4.78, 5) is 4.67. The lowest BCUT2D eigenvalue weighted by Crippen LogP contribution is -2.35. The first-order chi connectivity index (χ1) is 13.5. The number of hydrogen-bond donors (Lipinski definition) is 0. The quantitative estimate of drug-likeness (QED) is 0.578. The van der Waals surface area contributed by atoms with Crippen LogP contribution < -0.4 is 0 Å². The second-order valence-corrected chi connectivity index (χ2v) is 8.98. The smallest absolute Gasteiger partial charge is 0.243 e. The largest absolute Gasteiger partial charge is 0.256 e. The Hall–Kier alpha value is -2.47. The molecule has 0 unspecified atom stereocenters. The van der Waals surface area contributed by atoms with E-state index in [0.29, 0.717) is 23.8 Å². The van der Waals surface area contributed by atoms with Gasteiger partial charge in [0.1, 0.15) is 0 Å². The van der Waals surface area contributed by atoms with Crippen LogP contribution in [0.1, 0.15) is 16.7 Å². The van der Waals surface area contributed by atoms with Gasteiger partial charge in [-0.05, 0) is 47.9 Å². The van der Waals surface area contributed by atoms with Gasteiger partial charge in [0, 0.05) is 29.9 Å². The molecule has 0 saturated carbocycles. The summed E-state index contributed by atoms with van der Waals surface area (Å²) < 4.78 is 27.5. The number of halogens is 1. The van der Waals surface area contributed by atoms with Crippen molar-refractivity contribution in [2.45, 2.75) is 17.9 Å².